The molecule has 1 atom stereocenters. The summed E-state index contributed by atoms with van der Waals surface area (Å²) in [7, 11) is 0. The zero-order valence-electron chi connectivity index (χ0n) is 17.9. The summed E-state index contributed by atoms with van der Waals surface area (Å²) in [4.78, 5) is 2.52. The summed E-state index contributed by atoms with van der Waals surface area (Å²) in [5, 5.41) is 8.60. The lowest BCUT2D eigenvalue weighted by molar-refractivity contribution is 0.438. The SMILES string of the molecule is Cc1cc(C)c2c(c1)-c1cc(C)nn1C(c1ccc(N3CCC(C)CC3)cc1)N2. The van der Waals surface area contributed by atoms with Crippen molar-refractivity contribution >= 4 is 11.4 Å². The number of benzene rings is 2. The molecule has 1 aromatic heterocycles. The molecule has 2 aromatic carbocycles. The van der Waals surface area contributed by atoms with E-state index >= 15 is 0 Å². The molecular weight excluding hydrogens is 356 g/mol. The van der Waals surface area contributed by atoms with Crippen LogP contribution in [0.2, 0.25) is 0 Å². The molecule has 150 valence electrons. The van der Waals surface area contributed by atoms with Gasteiger partial charge in [-0.25, -0.2) is 4.68 Å². The van der Waals surface area contributed by atoms with Crippen LogP contribution in [0.25, 0.3) is 11.3 Å². The molecule has 0 radical (unpaired) electrons. The predicted octanol–water partition coefficient (Wildman–Crippen LogP) is 5.68. The van der Waals surface area contributed by atoms with E-state index in [9.17, 15) is 0 Å². The highest BCUT2D eigenvalue weighted by Gasteiger charge is 2.28. The maximum atomic E-state index is 4.83. The van der Waals surface area contributed by atoms with Crippen LogP contribution in [0.4, 0.5) is 11.4 Å². The minimum Gasteiger partial charge on any atom is -0.372 e. The molecule has 1 N–H and O–H groups in total. The van der Waals surface area contributed by atoms with Gasteiger partial charge in [-0.3, -0.25) is 0 Å². The molecule has 3 heterocycles. The molecule has 5 rings (SSSR count). The van der Waals surface area contributed by atoms with E-state index in [0.29, 0.717) is 0 Å². The third kappa shape index (κ3) is 3.21. The van der Waals surface area contributed by atoms with Gasteiger partial charge in [0.2, 0.25) is 0 Å². The summed E-state index contributed by atoms with van der Waals surface area (Å²) in [6, 6.07) is 15.8. The van der Waals surface area contributed by atoms with E-state index in [2.05, 4.69) is 85.1 Å². The van der Waals surface area contributed by atoms with E-state index in [0.717, 1.165) is 24.7 Å². The molecule has 2 aliphatic heterocycles. The smallest absolute Gasteiger partial charge is 0.147 e. The first-order chi connectivity index (χ1) is 14.0. The van der Waals surface area contributed by atoms with Crippen LogP contribution in [0.3, 0.4) is 0 Å². The first-order valence-corrected chi connectivity index (χ1v) is 10.8. The number of hydrogen-bond donors (Lipinski definition) is 1. The monoisotopic (exact) mass is 386 g/mol. The highest BCUT2D eigenvalue weighted by atomic mass is 15.4. The number of piperidine rings is 1. The standard InChI is InChI=1S/C25H30N4/c1-16-9-11-28(12-10-16)21-7-5-20(6-8-21)25-26-24-18(3)13-17(2)14-22(24)23-15-19(4)27-29(23)25/h5-8,13-16,25-26H,9-12H2,1-4H3. The van der Waals surface area contributed by atoms with Crippen molar-refractivity contribution < 1.29 is 0 Å². The summed E-state index contributed by atoms with van der Waals surface area (Å²) in [5.41, 5.74) is 9.87. The molecule has 2 aliphatic rings. The number of aromatic nitrogens is 2. The molecule has 3 aromatic rings. The highest BCUT2D eigenvalue weighted by molar-refractivity contribution is 5.82. The molecular formula is C25H30N4. The van der Waals surface area contributed by atoms with Crippen LogP contribution < -0.4 is 10.2 Å². The van der Waals surface area contributed by atoms with Crippen LogP contribution in [0, 0.1) is 26.7 Å². The van der Waals surface area contributed by atoms with E-state index in [1.54, 1.807) is 0 Å². The summed E-state index contributed by atoms with van der Waals surface area (Å²) < 4.78 is 2.15. The lowest BCUT2D eigenvalue weighted by atomic mass is 9.97. The van der Waals surface area contributed by atoms with Crippen molar-refractivity contribution in [1.29, 1.82) is 0 Å². The van der Waals surface area contributed by atoms with E-state index in [1.165, 1.54) is 52.2 Å². The molecule has 29 heavy (non-hydrogen) atoms. The number of nitrogens with one attached hydrogen (secondary N) is 1. The van der Waals surface area contributed by atoms with Crippen LogP contribution in [0.15, 0.2) is 42.5 Å². The fourth-order valence-corrected chi connectivity index (χ4v) is 4.83. The van der Waals surface area contributed by atoms with Gasteiger partial charge in [-0.1, -0.05) is 30.7 Å². The minimum atomic E-state index is 0.0167. The Morgan fingerprint density at radius 2 is 1.69 bits per heavy atom. The molecule has 0 aliphatic carbocycles. The molecule has 4 nitrogen and oxygen atoms in total. The van der Waals surface area contributed by atoms with Gasteiger partial charge in [-0.2, -0.15) is 5.10 Å². The molecule has 0 spiro atoms. The lowest BCUT2D eigenvalue weighted by Crippen LogP contribution is -2.32. The summed E-state index contributed by atoms with van der Waals surface area (Å²) in [5.74, 6) is 0.852. The molecule has 0 saturated carbocycles. The Morgan fingerprint density at radius 3 is 2.41 bits per heavy atom. The largest absolute Gasteiger partial charge is 0.372 e. The average Bonchev–Trinajstić information content (AvgIpc) is 3.10. The van der Waals surface area contributed by atoms with Gasteiger partial charge in [0.05, 0.1) is 11.4 Å². The van der Waals surface area contributed by atoms with Gasteiger partial charge in [0, 0.05) is 30.0 Å². The third-order valence-electron chi connectivity index (χ3n) is 6.50. The van der Waals surface area contributed by atoms with Crippen molar-refractivity contribution in [3.05, 3.63) is 64.8 Å². The van der Waals surface area contributed by atoms with Crippen LogP contribution in [0.5, 0.6) is 0 Å². The fourth-order valence-electron chi connectivity index (χ4n) is 4.83. The second-order valence-electron chi connectivity index (χ2n) is 8.93. The van der Waals surface area contributed by atoms with Crippen molar-refractivity contribution in [2.75, 3.05) is 23.3 Å². The van der Waals surface area contributed by atoms with Gasteiger partial charge in [0.1, 0.15) is 6.17 Å². The molecule has 1 fully saturated rings. The molecule has 0 amide bonds. The van der Waals surface area contributed by atoms with Crippen molar-refractivity contribution in [3.63, 3.8) is 0 Å². The minimum absolute atomic E-state index is 0.0167. The van der Waals surface area contributed by atoms with E-state index < -0.39 is 0 Å². The summed E-state index contributed by atoms with van der Waals surface area (Å²) in [6.45, 7) is 11.1. The normalized spacial score (nSPS) is 18.9. The van der Waals surface area contributed by atoms with Crippen LogP contribution in [-0.4, -0.2) is 22.9 Å². The average molecular weight is 387 g/mol. The highest BCUT2D eigenvalue weighted by Crippen LogP contribution is 2.41. The Kier molecular flexibility index (Phi) is 4.38. The van der Waals surface area contributed by atoms with Crippen molar-refractivity contribution in [1.82, 2.24) is 9.78 Å². The maximum absolute atomic E-state index is 4.83. The van der Waals surface area contributed by atoms with Crippen molar-refractivity contribution in [2.45, 2.75) is 46.7 Å². The maximum Gasteiger partial charge on any atom is 0.147 e. The zero-order valence-corrected chi connectivity index (χ0v) is 17.9. The van der Waals surface area contributed by atoms with Gasteiger partial charge < -0.3 is 10.2 Å². The predicted molar refractivity (Wildman–Crippen MR) is 121 cm³/mol. The van der Waals surface area contributed by atoms with Crippen molar-refractivity contribution in [2.24, 2.45) is 5.92 Å². The topological polar surface area (TPSA) is 33.1 Å². The molecule has 1 unspecified atom stereocenters. The third-order valence-corrected chi connectivity index (χ3v) is 6.50. The van der Waals surface area contributed by atoms with Crippen molar-refractivity contribution in [3.8, 4) is 11.3 Å². The first-order valence-electron chi connectivity index (χ1n) is 10.8. The fraction of sp³-hybridized carbons (Fsp3) is 0.400. The van der Waals surface area contributed by atoms with Gasteiger partial charge in [0.15, 0.2) is 0 Å². The second kappa shape index (κ2) is 6.94. The van der Waals surface area contributed by atoms with E-state index in [1.807, 2.05) is 0 Å². The molecule has 1 saturated heterocycles. The Balaban J connectivity index is 1.50. The molecule has 4 heteroatoms. The second-order valence-corrected chi connectivity index (χ2v) is 8.93. The number of aryl methyl sites for hydroxylation is 3. The first kappa shape index (κ1) is 18.3. The summed E-state index contributed by atoms with van der Waals surface area (Å²) in [6.07, 6.45) is 2.59. The summed E-state index contributed by atoms with van der Waals surface area (Å²) >= 11 is 0. The van der Waals surface area contributed by atoms with Crippen LogP contribution in [-0.2, 0) is 0 Å². The number of nitrogens with zero attached hydrogens (tertiary/aromatic N) is 3. The number of fused-ring (bicyclic) bond motifs is 3. The van der Waals surface area contributed by atoms with Gasteiger partial charge in [-0.05, 0) is 74.9 Å². The van der Waals surface area contributed by atoms with Gasteiger partial charge >= 0.3 is 0 Å². The van der Waals surface area contributed by atoms with E-state index in [4.69, 9.17) is 5.10 Å². The van der Waals surface area contributed by atoms with Gasteiger partial charge in [0.25, 0.3) is 0 Å². The molecule has 0 bridgehead atoms. The Hall–Kier alpha value is -2.75. The van der Waals surface area contributed by atoms with E-state index in [-0.39, 0.29) is 6.17 Å². The number of hydrogen-bond acceptors (Lipinski definition) is 3. The Bertz CT molecular complexity index is 1040. The van der Waals surface area contributed by atoms with Crippen LogP contribution >= 0.6 is 0 Å². The zero-order chi connectivity index (χ0) is 20.1. The number of rotatable bonds is 2. The van der Waals surface area contributed by atoms with Crippen LogP contribution in [0.1, 0.15) is 48.3 Å². The Labute approximate surface area is 173 Å². The Morgan fingerprint density at radius 1 is 0.966 bits per heavy atom. The number of anilines is 2. The van der Waals surface area contributed by atoms with Gasteiger partial charge in [-0.15, -0.1) is 0 Å². The lowest BCUT2D eigenvalue weighted by Gasteiger charge is -2.33. The quantitative estimate of drug-likeness (QED) is 0.615.